The standard InChI is InChI=1S/C10H10F2N2O4/c1-5-3-7(10(11)12)13-6(4-8(15)18-2)9(5)14(16)17/h3,10H,4H2,1-2H3. The molecule has 0 unspecified atom stereocenters. The Morgan fingerprint density at radius 3 is 2.67 bits per heavy atom. The second-order valence-corrected chi connectivity index (χ2v) is 3.47. The van der Waals surface area contributed by atoms with Gasteiger partial charge in [0.2, 0.25) is 0 Å². The van der Waals surface area contributed by atoms with Crippen molar-refractivity contribution in [3.05, 3.63) is 33.1 Å². The van der Waals surface area contributed by atoms with Gasteiger partial charge in [0.25, 0.3) is 12.1 Å². The number of carbonyl (C=O) groups excluding carboxylic acids is 1. The van der Waals surface area contributed by atoms with Gasteiger partial charge in [0.05, 0.1) is 18.5 Å². The molecule has 8 heteroatoms. The van der Waals surface area contributed by atoms with Crippen LogP contribution in [0, 0.1) is 17.0 Å². The third kappa shape index (κ3) is 2.96. The fourth-order valence-corrected chi connectivity index (χ4v) is 1.45. The van der Waals surface area contributed by atoms with Crippen LogP contribution in [0.15, 0.2) is 6.07 Å². The minimum atomic E-state index is -2.86. The average molecular weight is 260 g/mol. The maximum Gasteiger partial charge on any atom is 0.311 e. The largest absolute Gasteiger partial charge is 0.469 e. The molecule has 1 aromatic heterocycles. The van der Waals surface area contributed by atoms with Gasteiger partial charge in [-0.25, -0.2) is 13.8 Å². The monoisotopic (exact) mass is 260 g/mol. The molecular formula is C10H10F2N2O4. The van der Waals surface area contributed by atoms with Crippen LogP contribution >= 0.6 is 0 Å². The lowest BCUT2D eigenvalue weighted by Gasteiger charge is -2.07. The van der Waals surface area contributed by atoms with Gasteiger partial charge in [-0.3, -0.25) is 14.9 Å². The molecular weight excluding hydrogens is 250 g/mol. The molecule has 0 amide bonds. The van der Waals surface area contributed by atoms with E-state index in [1.807, 2.05) is 0 Å². The maximum atomic E-state index is 12.5. The molecule has 1 heterocycles. The highest BCUT2D eigenvalue weighted by Crippen LogP contribution is 2.27. The van der Waals surface area contributed by atoms with Crippen LogP contribution in [0.3, 0.4) is 0 Å². The van der Waals surface area contributed by atoms with Crippen molar-refractivity contribution < 1.29 is 23.2 Å². The number of rotatable bonds is 4. The number of aromatic nitrogens is 1. The minimum absolute atomic E-state index is 0.0317. The van der Waals surface area contributed by atoms with Gasteiger partial charge in [0.15, 0.2) is 0 Å². The van der Waals surface area contributed by atoms with E-state index in [1.165, 1.54) is 6.92 Å². The molecule has 98 valence electrons. The van der Waals surface area contributed by atoms with E-state index in [4.69, 9.17) is 0 Å². The Bertz CT molecular complexity index is 491. The summed E-state index contributed by atoms with van der Waals surface area (Å²) in [4.78, 5) is 24.6. The molecule has 0 aliphatic rings. The van der Waals surface area contributed by atoms with Gasteiger partial charge in [-0.15, -0.1) is 0 Å². The molecule has 0 bridgehead atoms. The van der Waals surface area contributed by atoms with Crippen molar-refractivity contribution >= 4 is 11.7 Å². The van der Waals surface area contributed by atoms with Gasteiger partial charge >= 0.3 is 5.97 Å². The number of pyridine rings is 1. The lowest BCUT2D eigenvalue weighted by Crippen LogP contribution is -2.11. The number of alkyl halides is 2. The highest BCUT2D eigenvalue weighted by Gasteiger charge is 2.24. The van der Waals surface area contributed by atoms with Crippen LogP contribution in [0.1, 0.15) is 23.4 Å². The van der Waals surface area contributed by atoms with E-state index >= 15 is 0 Å². The Kier molecular flexibility index (Phi) is 4.24. The van der Waals surface area contributed by atoms with Gasteiger partial charge in [-0.1, -0.05) is 0 Å². The van der Waals surface area contributed by atoms with Crippen molar-refractivity contribution in [2.45, 2.75) is 19.8 Å². The Labute approximate surface area is 101 Å². The van der Waals surface area contributed by atoms with Crippen LogP contribution in [-0.4, -0.2) is 23.0 Å². The first kappa shape index (κ1) is 13.9. The molecule has 0 saturated heterocycles. The molecule has 0 saturated carbocycles. The number of halogens is 2. The van der Waals surface area contributed by atoms with Gasteiger partial charge in [-0.2, -0.15) is 0 Å². The molecule has 0 aromatic carbocycles. The van der Waals surface area contributed by atoms with Crippen molar-refractivity contribution in [2.75, 3.05) is 7.11 Å². The number of carbonyl (C=O) groups is 1. The summed E-state index contributed by atoms with van der Waals surface area (Å²) in [6.07, 6.45) is -3.38. The SMILES string of the molecule is COC(=O)Cc1nc(C(F)F)cc(C)c1[N+](=O)[O-]. The average Bonchev–Trinajstić information content (AvgIpc) is 2.27. The van der Waals surface area contributed by atoms with Gasteiger partial charge < -0.3 is 4.74 Å². The number of nitro groups is 1. The summed E-state index contributed by atoms with van der Waals surface area (Å²) in [5, 5.41) is 10.8. The molecule has 6 nitrogen and oxygen atoms in total. The predicted octanol–water partition coefficient (Wildman–Crippen LogP) is 1.95. The summed E-state index contributed by atoms with van der Waals surface area (Å²) >= 11 is 0. The highest BCUT2D eigenvalue weighted by atomic mass is 19.3. The first-order valence-electron chi connectivity index (χ1n) is 4.86. The first-order chi connectivity index (χ1) is 8.36. The number of methoxy groups -OCH3 is 1. The molecule has 0 aliphatic carbocycles. The summed E-state index contributed by atoms with van der Waals surface area (Å²) in [5.74, 6) is -0.781. The van der Waals surface area contributed by atoms with Crippen LogP contribution < -0.4 is 0 Å². The van der Waals surface area contributed by atoms with Crippen LogP contribution in [-0.2, 0) is 16.0 Å². The third-order valence-corrected chi connectivity index (χ3v) is 2.22. The van der Waals surface area contributed by atoms with Crippen LogP contribution in [0.5, 0.6) is 0 Å². The van der Waals surface area contributed by atoms with E-state index < -0.39 is 35.1 Å². The maximum absolute atomic E-state index is 12.5. The Morgan fingerprint density at radius 2 is 2.22 bits per heavy atom. The summed E-state index contributed by atoms with van der Waals surface area (Å²) in [5.41, 5.74) is -1.33. The lowest BCUT2D eigenvalue weighted by atomic mass is 10.1. The van der Waals surface area contributed by atoms with Gasteiger partial charge in [0, 0.05) is 5.56 Å². The van der Waals surface area contributed by atoms with Crippen LogP contribution in [0.2, 0.25) is 0 Å². The number of hydrogen-bond acceptors (Lipinski definition) is 5. The number of esters is 1. The van der Waals surface area contributed by atoms with E-state index in [2.05, 4.69) is 9.72 Å². The molecule has 0 spiro atoms. The fraction of sp³-hybridized carbons (Fsp3) is 0.400. The lowest BCUT2D eigenvalue weighted by molar-refractivity contribution is -0.386. The van der Waals surface area contributed by atoms with Crippen LogP contribution in [0.4, 0.5) is 14.5 Å². The molecule has 1 aromatic rings. The Balaban J connectivity index is 3.33. The molecule has 0 radical (unpaired) electrons. The van der Waals surface area contributed by atoms with Crippen molar-refractivity contribution in [2.24, 2.45) is 0 Å². The summed E-state index contributed by atoms with van der Waals surface area (Å²) in [6, 6.07) is 0.934. The normalized spacial score (nSPS) is 10.5. The molecule has 18 heavy (non-hydrogen) atoms. The number of hydrogen-bond donors (Lipinski definition) is 0. The second kappa shape index (κ2) is 5.48. The molecule has 0 aliphatic heterocycles. The minimum Gasteiger partial charge on any atom is -0.469 e. The van der Waals surface area contributed by atoms with Crippen molar-refractivity contribution in [3.63, 3.8) is 0 Å². The van der Waals surface area contributed by atoms with E-state index in [0.717, 1.165) is 13.2 Å². The highest BCUT2D eigenvalue weighted by molar-refractivity contribution is 5.73. The van der Waals surface area contributed by atoms with Crippen molar-refractivity contribution in [1.82, 2.24) is 4.98 Å². The number of nitrogens with zero attached hydrogens (tertiary/aromatic N) is 2. The van der Waals surface area contributed by atoms with Crippen LogP contribution in [0.25, 0.3) is 0 Å². The quantitative estimate of drug-likeness (QED) is 0.469. The zero-order valence-corrected chi connectivity index (χ0v) is 9.65. The Hall–Kier alpha value is -2.12. The zero-order valence-electron chi connectivity index (χ0n) is 9.65. The zero-order chi connectivity index (χ0) is 13.9. The Morgan fingerprint density at radius 1 is 1.61 bits per heavy atom. The smallest absolute Gasteiger partial charge is 0.311 e. The van der Waals surface area contributed by atoms with E-state index in [-0.39, 0.29) is 11.3 Å². The molecule has 1 rings (SSSR count). The number of ether oxygens (including phenoxy) is 1. The molecule has 0 atom stereocenters. The van der Waals surface area contributed by atoms with Crippen molar-refractivity contribution in [1.29, 1.82) is 0 Å². The topological polar surface area (TPSA) is 82.3 Å². The molecule has 0 N–H and O–H groups in total. The summed E-state index contributed by atoms with van der Waals surface area (Å²) < 4.78 is 29.4. The fourth-order valence-electron chi connectivity index (χ4n) is 1.45. The van der Waals surface area contributed by atoms with E-state index in [1.54, 1.807) is 0 Å². The van der Waals surface area contributed by atoms with Crippen molar-refractivity contribution in [3.8, 4) is 0 Å². The first-order valence-corrected chi connectivity index (χ1v) is 4.86. The van der Waals surface area contributed by atoms with Gasteiger partial charge in [0.1, 0.15) is 11.4 Å². The second-order valence-electron chi connectivity index (χ2n) is 3.47. The summed E-state index contributed by atoms with van der Waals surface area (Å²) in [6.45, 7) is 1.31. The van der Waals surface area contributed by atoms with Gasteiger partial charge in [-0.05, 0) is 13.0 Å². The predicted molar refractivity (Wildman–Crippen MR) is 56.3 cm³/mol. The summed E-state index contributed by atoms with van der Waals surface area (Å²) in [7, 11) is 1.10. The molecule has 0 fully saturated rings. The third-order valence-electron chi connectivity index (χ3n) is 2.22. The van der Waals surface area contributed by atoms with E-state index in [0.29, 0.717) is 0 Å². The number of aryl methyl sites for hydroxylation is 1. The van der Waals surface area contributed by atoms with E-state index in [9.17, 15) is 23.7 Å².